The highest BCUT2D eigenvalue weighted by molar-refractivity contribution is 5.85. The van der Waals surface area contributed by atoms with E-state index >= 15 is 0 Å². The van der Waals surface area contributed by atoms with Crippen molar-refractivity contribution in [1.29, 1.82) is 0 Å². The van der Waals surface area contributed by atoms with Crippen LogP contribution in [0.25, 0.3) is 0 Å². The Hall–Kier alpha value is -1.46. The maximum absolute atomic E-state index is 10.1. The molecular formula is C8H12N2O3. The summed E-state index contributed by atoms with van der Waals surface area (Å²) in [5.74, 6) is -0.990. The van der Waals surface area contributed by atoms with E-state index in [1.165, 1.54) is 12.3 Å². The second-order valence-corrected chi connectivity index (χ2v) is 2.03. The van der Waals surface area contributed by atoms with Crippen LogP contribution in [0.2, 0.25) is 0 Å². The molecule has 1 aromatic heterocycles. The lowest BCUT2D eigenvalue weighted by Crippen LogP contribution is -2.02. The van der Waals surface area contributed by atoms with Crippen LogP contribution >= 0.6 is 0 Å². The lowest BCUT2D eigenvalue weighted by Gasteiger charge is -1.87. The molecule has 0 unspecified atom stereocenters. The summed E-state index contributed by atoms with van der Waals surface area (Å²) in [7, 11) is 0. The molecule has 5 heteroatoms. The van der Waals surface area contributed by atoms with E-state index < -0.39 is 5.97 Å². The van der Waals surface area contributed by atoms with Crippen LogP contribution in [-0.4, -0.2) is 34.3 Å². The molecule has 0 atom stereocenters. The molecule has 0 aromatic carbocycles. The van der Waals surface area contributed by atoms with Crippen LogP contribution in [0.4, 0.5) is 0 Å². The molecule has 0 spiro atoms. The highest BCUT2D eigenvalue weighted by atomic mass is 16.4. The van der Waals surface area contributed by atoms with Crippen molar-refractivity contribution < 1.29 is 15.0 Å². The van der Waals surface area contributed by atoms with Crippen molar-refractivity contribution in [2.24, 2.45) is 5.73 Å². The number of carboxylic acid groups (broad SMARTS) is 1. The molecule has 13 heavy (non-hydrogen) atoms. The van der Waals surface area contributed by atoms with Gasteiger partial charge in [-0.15, -0.1) is 0 Å². The summed E-state index contributed by atoms with van der Waals surface area (Å²) in [4.78, 5) is 13.7. The molecular weight excluding hydrogens is 172 g/mol. The van der Waals surface area contributed by atoms with Crippen LogP contribution in [0.15, 0.2) is 24.4 Å². The SMILES string of the molecule is NCCO.O=C(O)c1ccccn1. The maximum atomic E-state index is 10.1. The number of aliphatic hydroxyl groups excluding tert-OH is 1. The fourth-order valence-electron chi connectivity index (χ4n) is 0.489. The second-order valence-electron chi connectivity index (χ2n) is 2.03. The van der Waals surface area contributed by atoms with Crippen molar-refractivity contribution >= 4 is 5.97 Å². The molecule has 0 amide bonds. The van der Waals surface area contributed by atoms with Crippen molar-refractivity contribution in [3.8, 4) is 0 Å². The average Bonchev–Trinajstić information content (AvgIpc) is 2.19. The summed E-state index contributed by atoms with van der Waals surface area (Å²) in [6.45, 7) is 0.472. The van der Waals surface area contributed by atoms with Gasteiger partial charge in [0.05, 0.1) is 6.61 Å². The first-order chi connectivity index (χ1) is 6.22. The number of aromatic carboxylic acids is 1. The molecule has 72 valence electrons. The largest absolute Gasteiger partial charge is 0.477 e. The summed E-state index contributed by atoms with van der Waals surface area (Å²) in [5, 5.41) is 16.1. The van der Waals surface area contributed by atoms with Gasteiger partial charge in [0.2, 0.25) is 0 Å². The second kappa shape index (κ2) is 7.20. The lowest BCUT2D eigenvalue weighted by atomic mass is 10.4. The van der Waals surface area contributed by atoms with E-state index in [2.05, 4.69) is 4.98 Å². The molecule has 1 rings (SSSR count). The topological polar surface area (TPSA) is 96.4 Å². The number of pyridine rings is 1. The monoisotopic (exact) mass is 184 g/mol. The Morgan fingerprint density at radius 1 is 1.54 bits per heavy atom. The van der Waals surface area contributed by atoms with Gasteiger partial charge in [0, 0.05) is 12.7 Å². The third-order valence-corrected chi connectivity index (χ3v) is 1.01. The first-order valence-electron chi connectivity index (χ1n) is 3.67. The number of aliphatic hydroxyl groups is 1. The molecule has 4 N–H and O–H groups in total. The van der Waals surface area contributed by atoms with Gasteiger partial charge in [-0.2, -0.15) is 0 Å². The van der Waals surface area contributed by atoms with Crippen molar-refractivity contribution in [1.82, 2.24) is 4.98 Å². The fourth-order valence-corrected chi connectivity index (χ4v) is 0.489. The molecule has 5 nitrogen and oxygen atoms in total. The minimum Gasteiger partial charge on any atom is -0.477 e. The molecule has 1 heterocycles. The summed E-state index contributed by atoms with van der Waals surface area (Å²) in [6.07, 6.45) is 1.45. The van der Waals surface area contributed by atoms with E-state index in [1.807, 2.05) is 0 Å². The smallest absolute Gasteiger partial charge is 0.354 e. The highest BCUT2D eigenvalue weighted by Gasteiger charge is 1.98. The number of hydrogen-bond donors (Lipinski definition) is 3. The predicted octanol–water partition coefficient (Wildman–Crippen LogP) is -0.283. The molecule has 0 aliphatic heterocycles. The van der Waals surface area contributed by atoms with Gasteiger partial charge in [0.1, 0.15) is 5.69 Å². The van der Waals surface area contributed by atoms with Gasteiger partial charge in [0.15, 0.2) is 0 Å². The van der Waals surface area contributed by atoms with Crippen LogP contribution in [0.1, 0.15) is 10.5 Å². The Bertz CT molecular complexity index is 236. The molecule has 0 saturated heterocycles. The first-order valence-corrected chi connectivity index (χ1v) is 3.67. The minimum atomic E-state index is -0.990. The van der Waals surface area contributed by atoms with E-state index in [4.69, 9.17) is 15.9 Å². The van der Waals surface area contributed by atoms with Crippen LogP contribution < -0.4 is 5.73 Å². The summed E-state index contributed by atoms with van der Waals surface area (Å²) in [5.41, 5.74) is 4.86. The molecule has 0 aliphatic rings. The van der Waals surface area contributed by atoms with Crippen molar-refractivity contribution in [2.45, 2.75) is 0 Å². The molecule has 1 aromatic rings. The van der Waals surface area contributed by atoms with E-state index in [0.29, 0.717) is 6.54 Å². The fraction of sp³-hybridized carbons (Fsp3) is 0.250. The third kappa shape index (κ3) is 5.77. The zero-order chi connectivity index (χ0) is 10.1. The maximum Gasteiger partial charge on any atom is 0.354 e. The number of rotatable bonds is 2. The highest BCUT2D eigenvalue weighted by Crippen LogP contribution is 1.90. The first kappa shape index (κ1) is 11.5. The van der Waals surface area contributed by atoms with Gasteiger partial charge in [-0.3, -0.25) is 0 Å². The van der Waals surface area contributed by atoms with E-state index in [9.17, 15) is 4.79 Å². The Balaban J connectivity index is 0.000000310. The zero-order valence-corrected chi connectivity index (χ0v) is 7.05. The van der Waals surface area contributed by atoms with Crippen LogP contribution in [0, 0.1) is 0 Å². The van der Waals surface area contributed by atoms with Gasteiger partial charge in [-0.05, 0) is 12.1 Å². The summed E-state index contributed by atoms with van der Waals surface area (Å²) >= 11 is 0. The summed E-state index contributed by atoms with van der Waals surface area (Å²) in [6, 6.07) is 4.76. The normalized spacial score (nSPS) is 8.46. The number of carbonyl (C=O) groups is 1. The van der Waals surface area contributed by atoms with Crippen LogP contribution in [0.3, 0.4) is 0 Å². The van der Waals surface area contributed by atoms with Gasteiger partial charge in [0.25, 0.3) is 0 Å². The Labute approximate surface area is 75.8 Å². The number of nitrogens with zero attached hydrogens (tertiary/aromatic N) is 1. The number of hydrogen-bond acceptors (Lipinski definition) is 4. The minimum absolute atomic E-state index is 0.0810. The predicted molar refractivity (Wildman–Crippen MR) is 47.3 cm³/mol. The quantitative estimate of drug-likeness (QED) is 0.587. The number of aromatic nitrogens is 1. The Morgan fingerprint density at radius 2 is 2.15 bits per heavy atom. The zero-order valence-electron chi connectivity index (χ0n) is 7.05. The van der Waals surface area contributed by atoms with Crippen molar-refractivity contribution in [3.63, 3.8) is 0 Å². The molecule has 0 bridgehead atoms. The van der Waals surface area contributed by atoms with E-state index in [0.717, 1.165) is 0 Å². The lowest BCUT2D eigenvalue weighted by molar-refractivity contribution is 0.0690. The van der Waals surface area contributed by atoms with Gasteiger partial charge >= 0.3 is 5.97 Å². The summed E-state index contributed by atoms with van der Waals surface area (Å²) < 4.78 is 0. The molecule has 0 saturated carbocycles. The molecule has 0 fully saturated rings. The molecule has 0 radical (unpaired) electrons. The van der Waals surface area contributed by atoms with Crippen LogP contribution in [-0.2, 0) is 0 Å². The van der Waals surface area contributed by atoms with Crippen molar-refractivity contribution in [2.75, 3.05) is 13.2 Å². The Morgan fingerprint density at radius 3 is 2.38 bits per heavy atom. The van der Waals surface area contributed by atoms with Gasteiger partial charge in [-0.1, -0.05) is 6.07 Å². The van der Waals surface area contributed by atoms with Crippen LogP contribution in [0.5, 0.6) is 0 Å². The van der Waals surface area contributed by atoms with Crippen molar-refractivity contribution in [3.05, 3.63) is 30.1 Å². The number of carboxylic acids is 1. The van der Waals surface area contributed by atoms with E-state index in [-0.39, 0.29) is 12.3 Å². The van der Waals surface area contributed by atoms with Gasteiger partial charge in [-0.25, -0.2) is 9.78 Å². The average molecular weight is 184 g/mol. The number of nitrogens with two attached hydrogens (primary N) is 1. The van der Waals surface area contributed by atoms with Gasteiger partial charge < -0.3 is 15.9 Å². The molecule has 0 aliphatic carbocycles. The van der Waals surface area contributed by atoms with E-state index in [1.54, 1.807) is 12.1 Å². The standard InChI is InChI=1S/C6H5NO2.C2H7NO/c8-6(9)5-3-1-2-4-7-5;3-1-2-4/h1-4H,(H,8,9);4H,1-3H2. The Kier molecular flexibility index (Phi) is 6.39. The third-order valence-electron chi connectivity index (χ3n) is 1.01.